The van der Waals surface area contributed by atoms with Gasteiger partial charge in [0.05, 0.1) is 6.10 Å². The van der Waals surface area contributed by atoms with Crippen molar-refractivity contribution in [3.8, 4) is 0 Å². The van der Waals surface area contributed by atoms with E-state index in [1.165, 1.54) is 44.9 Å². The summed E-state index contributed by atoms with van der Waals surface area (Å²) in [6.45, 7) is 2.31. The van der Waals surface area contributed by atoms with Gasteiger partial charge < -0.3 is 10.4 Å². The number of rotatable bonds is 3. The smallest absolute Gasteiger partial charge is 0.0693 e. The van der Waals surface area contributed by atoms with Crippen molar-refractivity contribution >= 4 is 0 Å². The molecule has 2 fully saturated rings. The van der Waals surface area contributed by atoms with Crippen molar-refractivity contribution in [2.24, 2.45) is 5.92 Å². The Labute approximate surface area is 99.8 Å². The Morgan fingerprint density at radius 1 is 0.938 bits per heavy atom. The third-order valence-electron chi connectivity index (χ3n) is 4.56. The van der Waals surface area contributed by atoms with Crippen LogP contribution in [0.4, 0.5) is 0 Å². The van der Waals surface area contributed by atoms with Gasteiger partial charge in [0.15, 0.2) is 0 Å². The summed E-state index contributed by atoms with van der Waals surface area (Å²) in [5.74, 6) is 0.857. The summed E-state index contributed by atoms with van der Waals surface area (Å²) in [6, 6.07) is 0.957. The van der Waals surface area contributed by atoms with E-state index in [-0.39, 0.29) is 6.10 Å². The lowest BCUT2D eigenvalue weighted by molar-refractivity contribution is 0.109. The van der Waals surface area contributed by atoms with E-state index in [0.717, 1.165) is 18.8 Å². The van der Waals surface area contributed by atoms with Crippen LogP contribution in [0.5, 0.6) is 0 Å². The minimum Gasteiger partial charge on any atom is -0.392 e. The van der Waals surface area contributed by atoms with Gasteiger partial charge >= 0.3 is 0 Å². The second-order valence-corrected chi connectivity index (χ2v) is 5.81. The Balaban J connectivity index is 1.81. The highest BCUT2D eigenvalue weighted by molar-refractivity contribution is 4.85. The van der Waals surface area contributed by atoms with Crippen LogP contribution in [0.1, 0.15) is 64.7 Å². The largest absolute Gasteiger partial charge is 0.392 e. The Morgan fingerprint density at radius 2 is 1.56 bits per heavy atom. The lowest BCUT2D eigenvalue weighted by atomic mass is 9.97. The van der Waals surface area contributed by atoms with Crippen molar-refractivity contribution in [1.29, 1.82) is 0 Å². The van der Waals surface area contributed by atoms with Crippen LogP contribution < -0.4 is 5.32 Å². The second-order valence-electron chi connectivity index (χ2n) is 5.81. The van der Waals surface area contributed by atoms with Gasteiger partial charge in [0, 0.05) is 12.1 Å². The van der Waals surface area contributed by atoms with Crippen LogP contribution in [0.3, 0.4) is 0 Å². The van der Waals surface area contributed by atoms with Crippen molar-refractivity contribution in [2.75, 3.05) is 0 Å². The molecule has 2 rings (SSSR count). The maximum Gasteiger partial charge on any atom is 0.0693 e. The molecule has 0 spiro atoms. The van der Waals surface area contributed by atoms with Crippen LogP contribution in [0.25, 0.3) is 0 Å². The fourth-order valence-electron chi connectivity index (χ4n) is 3.41. The minimum atomic E-state index is -0.105. The van der Waals surface area contributed by atoms with E-state index in [0.29, 0.717) is 12.1 Å². The Kier molecular flexibility index (Phi) is 4.66. The molecular weight excluding hydrogens is 198 g/mol. The number of aliphatic hydroxyl groups excluding tert-OH is 1. The lowest BCUT2D eigenvalue weighted by Gasteiger charge is -2.29. The highest BCUT2D eigenvalue weighted by Gasteiger charge is 2.27. The highest BCUT2D eigenvalue weighted by atomic mass is 16.3. The molecule has 0 aromatic carbocycles. The SMILES string of the molecule is C[C@H](NC1CCCCCC1O)C1CCCC1. The monoisotopic (exact) mass is 225 g/mol. The zero-order chi connectivity index (χ0) is 11.4. The van der Waals surface area contributed by atoms with Crippen molar-refractivity contribution in [3.05, 3.63) is 0 Å². The molecule has 0 aromatic rings. The summed E-state index contributed by atoms with van der Waals surface area (Å²) in [4.78, 5) is 0. The molecule has 0 bridgehead atoms. The summed E-state index contributed by atoms with van der Waals surface area (Å²) < 4.78 is 0. The van der Waals surface area contributed by atoms with E-state index in [4.69, 9.17) is 0 Å². The molecule has 0 amide bonds. The Hall–Kier alpha value is -0.0800. The normalized spacial score (nSPS) is 34.9. The molecule has 3 atom stereocenters. The van der Waals surface area contributed by atoms with E-state index in [9.17, 15) is 5.11 Å². The second kappa shape index (κ2) is 6.02. The molecular formula is C14H27NO. The van der Waals surface area contributed by atoms with Gasteiger partial charge in [-0.1, -0.05) is 32.1 Å². The fourth-order valence-corrected chi connectivity index (χ4v) is 3.41. The van der Waals surface area contributed by atoms with E-state index in [1.54, 1.807) is 0 Å². The van der Waals surface area contributed by atoms with E-state index in [1.807, 2.05) is 0 Å². The van der Waals surface area contributed by atoms with Crippen LogP contribution in [0.2, 0.25) is 0 Å². The Bertz CT molecular complexity index is 201. The first-order valence-corrected chi connectivity index (χ1v) is 7.21. The molecule has 16 heavy (non-hydrogen) atoms. The van der Waals surface area contributed by atoms with Crippen molar-refractivity contribution in [1.82, 2.24) is 5.32 Å². The summed E-state index contributed by atoms with van der Waals surface area (Å²) >= 11 is 0. The van der Waals surface area contributed by atoms with Crippen molar-refractivity contribution < 1.29 is 5.11 Å². The maximum atomic E-state index is 10.1. The molecule has 2 unspecified atom stereocenters. The number of hydrogen-bond donors (Lipinski definition) is 2. The third kappa shape index (κ3) is 3.21. The molecule has 0 heterocycles. The first kappa shape index (κ1) is 12.4. The van der Waals surface area contributed by atoms with E-state index in [2.05, 4.69) is 12.2 Å². The van der Waals surface area contributed by atoms with Gasteiger partial charge in [-0.2, -0.15) is 0 Å². The minimum absolute atomic E-state index is 0.105. The molecule has 0 saturated heterocycles. The van der Waals surface area contributed by atoms with Crippen molar-refractivity contribution in [3.63, 3.8) is 0 Å². The molecule has 2 aliphatic carbocycles. The van der Waals surface area contributed by atoms with Gasteiger partial charge in [0.2, 0.25) is 0 Å². The fraction of sp³-hybridized carbons (Fsp3) is 1.00. The topological polar surface area (TPSA) is 32.3 Å². The van der Waals surface area contributed by atoms with Crippen LogP contribution >= 0.6 is 0 Å². The lowest BCUT2D eigenvalue weighted by Crippen LogP contribution is -2.46. The van der Waals surface area contributed by atoms with Gasteiger partial charge in [-0.15, -0.1) is 0 Å². The molecule has 2 N–H and O–H groups in total. The summed E-state index contributed by atoms with van der Waals surface area (Å²) in [5, 5.41) is 13.8. The molecule has 2 saturated carbocycles. The predicted octanol–water partition coefficient (Wildman–Crippen LogP) is 2.85. The van der Waals surface area contributed by atoms with Crippen LogP contribution in [-0.4, -0.2) is 23.3 Å². The first-order valence-electron chi connectivity index (χ1n) is 7.21. The van der Waals surface area contributed by atoms with Gasteiger partial charge in [-0.25, -0.2) is 0 Å². The number of aliphatic hydroxyl groups is 1. The van der Waals surface area contributed by atoms with E-state index >= 15 is 0 Å². The summed E-state index contributed by atoms with van der Waals surface area (Å²) in [5.41, 5.74) is 0. The molecule has 94 valence electrons. The van der Waals surface area contributed by atoms with E-state index < -0.39 is 0 Å². The van der Waals surface area contributed by atoms with Gasteiger partial charge in [0.25, 0.3) is 0 Å². The first-order chi connectivity index (χ1) is 7.77. The molecule has 0 aromatic heterocycles. The average molecular weight is 225 g/mol. The molecule has 0 aliphatic heterocycles. The Morgan fingerprint density at radius 3 is 2.31 bits per heavy atom. The van der Waals surface area contributed by atoms with Crippen LogP contribution in [0.15, 0.2) is 0 Å². The quantitative estimate of drug-likeness (QED) is 0.724. The zero-order valence-corrected chi connectivity index (χ0v) is 10.6. The number of nitrogens with one attached hydrogen (secondary N) is 1. The molecule has 0 radical (unpaired) electrons. The molecule has 2 nitrogen and oxygen atoms in total. The van der Waals surface area contributed by atoms with Crippen LogP contribution in [-0.2, 0) is 0 Å². The number of hydrogen-bond acceptors (Lipinski definition) is 2. The molecule has 2 heteroatoms. The summed E-state index contributed by atoms with van der Waals surface area (Å²) in [7, 11) is 0. The maximum absolute atomic E-state index is 10.1. The average Bonchev–Trinajstić information content (AvgIpc) is 2.73. The zero-order valence-electron chi connectivity index (χ0n) is 10.6. The van der Waals surface area contributed by atoms with Crippen molar-refractivity contribution in [2.45, 2.75) is 82.9 Å². The molecule has 2 aliphatic rings. The summed E-state index contributed by atoms with van der Waals surface area (Å²) in [6.07, 6.45) is 11.4. The standard InChI is InChI=1S/C14H27NO/c1-11(12-7-5-6-8-12)15-13-9-3-2-4-10-14(13)16/h11-16H,2-10H2,1H3/t11-,13?,14?/m0/s1. The highest BCUT2D eigenvalue weighted by Crippen LogP contribution is 2.28. The van der Waals surface area contributed by atoms with Gasteiger partial charge in [-0.3, -0.25) is 0 Å². The van der Waals surface area contributed by atoms with Gasteiger partial charge in [0.1, 0.15) is 0 Å². The predicted molar refractivity (Wildman–Crippen MR) is 67.4 cm³/mol. The third-order valence-corrected chi connectivity index (χ3v) is 4.56. The van der Waals surface area contributed by atoms with Crippen LogP contribution in [0, 0.1) is 5.92 Å². The van der Waals surface area contributed by atoms with Gasteiger partial charge in [-0.05, 0) is 38.5 Å².